The van der Waals surface area contributed by atoms with Crippen LogP contribution in [0.4, 0.5) is 0 Å². The monoisotopic (exact) mass is 1430 g/mol. The normalized spacial score (nSPS) is 13.5. The second-order valence-electron chi connectivity index (χ2n) is 28.3. The van der Waals surface area contributed by atoms with Crippen LogP contribution < -0.4 is 5.73 Å². The second-order valence-corrected chi connectivity index (χ2v) is 29.8. The van der Waals surface area contributed by atoms with Crippen molar-refractivity contribution in [1.82, 2.24) is 0 Å². The molecule has 0 amide bonds. The van der Waals surface area contributed by atoms with Crippen molar-refractivity contribution in [1.29, 1.82) is 0 Å². The first-order chi connectivity index (χ1) is 49.8. The van der Waals surface area contributed by atoms with Crippen molar-refractivity contribution >= 4 is 19.8 Å². The number of esters is 2. The van der Waals surface area contributed by atoms with Gasteiger partial charge in [0.1, 0.15) is 6.61 Å². The van der Waals surface area contributed by atoms with Gasteiger partial charge in [-0.05, 0) is 96.3 Å². The van der Waals surface area contributed by atoms with Crippen molar-refractivity contribution in [2.45, 2.75) is 405 Å². The lowest BCUT2D eigenvalue weighted by Crippen LogP contribution is -2.29. The van der Waals surface area contributed by atoms with Gasteiger partial charge in [-0.25, -0.2) is 4.57 Å². The van der Waals surface area contributed by atoms with Crippen molar-refractivity contribution in [2.75, 3.05) is 26.4 Å². The largest absolute Gasteiger partial charge is 0.472 e. The number of ether oxygens (including phenoxy) is 2. The Morgan fingerprint density at radius 1 is 0.307 bits per heavy atom. The molecular weight excluding hydrogens is 1270 g/mol. The van der Waals surface area contributed by atoms with E-state index in [4.69, 9.17) is 24.3 Å². The molecule has 0 radical (unpaired) electrons. The van der Waals surface area contributed by atoms with Crippen LogP contribution in [-0.2, 0) is 32.7 Å². The first kappa shape index (κ1) is 97.2. The van der Waals surface area contributed by atoms with Crippen LogP contribution in [0.1, 0.15) is 399 Å². The lowest BCUT2D eigenvalue weighted by molar-refractivity contribution is -0.161. The maximum Gasteiger partial charge on any atom is 0.472 e. The number of phosphoric acid groups is 1. The first-order valence-electron chi connectivity index (χ1n) is 42.7. The summed E-state index contributed by atoms with van der Waals surface area (Å²) in [5, 5.41) is 0. The molecule has 0 saturated carbocycles. The summed E-state index contributed by atoms with van der Waals surface area (Å²) in [6.07, 6.45) is 122. The molecule has 0 bridgehead atoms. The quantitative estimate of drug-likeness (QED) is 0.0264. The minimum Gasteiger partial charge on any atom is -0.462 e. The van der Waals surface area contributed by atoms with E-state index >= 15 is 0 Å². The average Bonchev–Trinajstić information content (AvgIpc) is 1.01. The number of carbonyl (C=O) groups excluding carboxylic acids is 2. The lowest BCUT2D eigenvalue weighted by atomic mass is 10.0. The molecule has 3 N–H and O–H groups in total. The van der Waals surface area contributed by atoms with Gasteiger partial charge < -0.3 is 20.1 Å². The van der Waals surface area contributed by atoms with Crippen LogP contribution in [0.2, 0.25) is 0 Å². The topological polar surface area (TPSA) is 134 Å². The van der Waals surface area contributed by atoms with Gasteiger partial charge in [0.2, 0.25) is 0 Å². The number of allylic oxidation sites excluding steroid dienone is 22. The first-order valence-corrected chi connectivity index (χ1v) is 44.2. The van der Waals surface area contributed by atoms with Gasteiger partial charge in [0, 0.05) is 19.4 Å². The van der Waals surface area contributed by atoms with Gasteiger partial charge in [0.25, 0.3) is 0 Å². The third kappa shape index (κ3) is 85.0. The molecule has 0 spiro atoms. The molecule has 0 aliphatic rings. The molecule has 0 aliphatic carbocycles. The van der Waals surface area contributed by atoms with Gasteiger partial charge in [-0.2, -0.15) is 0 Å². The van der Waals surface area contributed by atoms with Gasteiger partial charge in [-0.15, -0.1) is 0 Å². The summed E-state index contributed by atoms with van der Waals surface area (Å²) in [5.74, 6) is -0.843. The van der Waals surface area contributed by atoms with Crippen LogP contribution in [0, 0.1) is 0 Å². The summed E-state index contributed by atoms with van der Waals surface area (Å²) in [4.78, 5) is 35.5. The van der Waals surface area contributed by atoms with Gasteiger partial charge in [-0.3, -0.25) is 18.6 Å². The van der Waals surface area contributed by atoms with E-state index in [0.717, 1.165) is 122 Å². The number of hydrogen-bond acceptors (Lipinski definition) is 8. The summed E-state index contributed by atoms with van der Waals surface area (Å²) in [7, 11) is -4.41. The van der Waals surface area contributed by atoms with Crippen LogP contribution in [0.5, 0.6) is 0 Å². The smallest absolute Gasteiger partial charge is 0.462 e. The van der Waals surface area contributed by atoms with Crippen molar-refractivity contribution < 1.29 is 37.6 Å². The molecule has 2 atom stereocenters. The minimum atomic E-state index is -4.41. The van der Waals surface area contributed by atoms with Crippen LogP contribution in [-0.4, -0.2) is 49.3 Å². The highest BCUT2D eigenvalue weighted by Gasteiger charge is 2.26. The molecule has 0 rings (SSSR count). The molecular formula is C91H160NO8P. The molecule has 9 nitrogen and oxygen atoms in total. The van der Waals surface area contributed by atoms with Gasteiger partial charge in [-0.1, -0.05) is 424 Å². The zero-order valence-corrected chi connectivity index (χ0v) is 66.8. The SMILES string of the molecule is CC/C=C\C/C=C\C/C=C\C/C=C\C/C=C\C/C=C\C/C=C\C/C=C\C/C=C\C/C=C\C/C=C\CCCCCCCC(=O)OC(COC(=O)CCCCCCCCCCCCCCCCCCCCCCCCCCCCCCCCCCCCCCCCCCC)COP(=O)(O)OCCN. The van der Waals surface area contributed by atoms with Gasteiger partial charge in [0.15, 0.2) is 6.10 Å². The maximum absolute atomic E-state index is 12.8. The van der Waals surface area contributed by atoms with Crippen LogP contribution in [0.15, 0.2) is 134 Å². The number of unbranched alkanes of at least 4 members (excludes halogenated alkanes) is 45. The molecule has 0 aliphatic heterocycles. The summed E-state index contributed by atoms with van der Waals surface area (Å²) in [6.45, 7) is 3.65. The Morgan fingerprint density at radius 3 is 0.812 bits per heavy atom. The molecule has 10 heteroatoms. The minimum absolute atomic E-state index is 0.0451. The number of rotatable bonds is 80. The Balaban J connectivity index is 3.84. The highest BCUT2D eigenvalue weighted by atomic mass is 31.2. The molecule has 2 unspecified atom stereocenters. The fourth-order valence-electron chi connectivity index (χ4n) is 12.3. The Bertz CT molecular complexity index is 2130. The molecule has 0 saturated heterocycles. The summed E-state index contributed by atoms with van der Waals surface area (Å²) in [5.41, 5.74) is 5.42. The fourth-order valence-corrected chi connectivity index (χ4v) is 13.1. The standard InChI is InChI=1S/C91H160NO8P/c1-3-5-7-9-11-13-15-17-19-21-23-25-27-29-31-33-35-37-39-41-43-44-46-47-49-51-53-55-57-59-61-63-65-67-69-71-73-75-77-79-81-83-90(93)97-87-89(88-99-101(95,96)98-86-85-92)100-91(94)84-82-80-78-76-74-72-70-68-66-64-62-60-58-56-54-52-50-48-45-42-40-38-36-34-32-30-28-26-24-22-20-18-16-14-12-10-8-6-4-2/h6,8,12,14,18,20,24,26,30,32,36,38,42,45,50,52,56,58,62,64,68,70,89H,3-5,7,9-11,13,15-17,19,21-23,25,27-29,31,33-35,37,39-41,43-44,46-49,51,53-55,57,59-61,63,65-67,69,71-88,92H2,1-2H3,(H,95,96)/b8-6-,14-12-,20-18-,26-24-,32-30-,38-36-,45-42-,52-50-,58-56-,64-62-,70-68-. The zero-order valence-electron chi connectivity index (χ0n) is 65.9. The van der Waals surface area contributed by atoms with Crippen molar-refractivity contribution in [3.8, 4) is 0 Å². The van der Waals surface area contributed by atoms with E-state index in [1.807, 2.05) is 0 Å². The summed E-state index contributed by atoms with van der Waals surface area (Å²) < 4.78 is 33.3. The number of carbonyl (C=O) groups is 2. The second kappa shape index (κ2) is 85.1. The van der Waals surface area contributed by atoms with Gasteiger partial charge >= 0.3 is 19.8 Å². The molecule has 0 heterocycles. The maximum atomic E-state index is 12.8. The zero-order chi connectivity index (χ0) is 72.9. The average molecular weight is 1430 g/mol. The predicted molar refractivity (Wildman–Crippen MR) is 441 cm³/mol. The number of nitrogens with two attached hydrogens (primary N) is 1. The predicted octanol–water partition coefficient (Wildman–Crippen LogP) is 29.1. The molecule has 0 fully saturated rings. The van der Waals surface area contributed by atoms with Crippen molar-refractivity contribution in [3.05, 3.63) is 134 Å². The van der Waals surface area contributed by atoms with E-state index in [1.165, 1.54) is 244 Å². The van der Waals surface area contributed by atoms with E-state index in [9.17, 15) is 19.0 Å². The summed E-state index contributed by atoms with van der Waals surface area (Å²) in [6, 6.07) is 0. The Morgan fingerprint density at radius 2 is 0.545 bits per heavy atom. The van der Waals surface area contributed by atoms with E-state index in [0.29, 0.717) is 6.42 Å². The Labute approximate surface area is 624 Å². The third-order valence-electron chi connectivity index (χ3n) is 18.6. The highest BCUT2D eigenvalue weighted by Crippen LogP contribution is 2.43. The number of phosphoric ester groups is 1. The molecule has 0 aromatic rings. The molecule has 0 aromatic heterocycles. The highest BCUT2D eigenvalue weighted by molar-refractivity contribution is 7.47. The van der Waals surface area contributed by atoms with E-state index in [-0.39, 0.29) is 38.6 Å². The van der Waals surface area contributed by atoms with Crippen LogP contribution >= 0.6 is 7.82 Å². The van der Waals surface area contributed by atoms with E-state index in [2.05, 4.69) is 148 Å². The Kier molecular flexibility index (Phi) is 81.8. The molecule has 582 valence electrons. The fraction of sp³-hybridized carbons (Fsp3) is 0.736. The van der Waals surface area contributed by atoms with E-state index < -0.39 is 26.5 Å². The van der Waals surface area contributed by atoms with Crippen LogP contribution in [0.25, 0.3) is 0 Å². The lowest BCUT2D eigenvalue weighted by Gasteiger charge is -2.19. The third-order valence-corrected chi connectivity index (χ3v) is 19.5. The summed E-state index contributed by atoms with van der Waals surface area (Å²) >= 11 is 0. The molecule has 0 aromatic carbocycles. The molecule has 101 heavy (non-hydrogen) atoms. The van der Waals surface area contributed by atoms with Gasteiger partial charge in [0.05, 0.1) is 13.2 Å². The number of hydrogen-bond donors (Lipinski definition) is 2. The Hall–Kier alpha value is -3.85. The van der Waals surface area contributed by atoms with E-state index in [1.54, 1.807) is 0 Å². The van der Waals surface area contributed by atoms with Crippen molar-refractivity contribution in [2.24, 2.45) is 5.73 Å². The van der Waals surface area contributed by atoms with Crippen LogP contribution in [0.3, 0.4) is 0 Å². The van der Waals surface area contributed by atoms with Crippen molar-refractivity contribution in [3.63, 3.8) is 0 Å².